The SMILES string of the molecule is Cc1ccc(C(OCCCc2ccccc2)C(C)N)s1. The Labute approximate surface area is 125 Å². The number of aryl methyl sites for hydroxylation is 2. The number of nitrogens with two attached hydrogens (primary N) is 1. The van der Waals surface area contributed by atoms with Gasteiger partial charge in [-0.2, -0.15) is 0 Å². The third-order valence-corrected chi connectivity index (χ3v) is 4.33. The lowest BCUT2D eigenvalue weighted by Crippen LogP contribution is -2.26. The summed E-state index contributed by atoms with van der Waals surface area (Å²) in [6, 6.07) is 14.8. The molecular formula is C17H23NOS. The topological polar surface area (TPSA) is 35.2 Å². The molecule has 108 valence electrons. The highest BCUT2D eigenvalue weighted by Gasteiger charge is 2.18. The zero-order chi connectivity index (χ0) is 14.4. The quantitative estimate of drug-likeness (QED) is 0.779. The molecule has 2 atom stereocenters. The molecule has 0 saturated heterocycles. The minimum Gasteiger partial charge on any atom is -0.371 e. The van der Waals surface area contributed by atoms with E-state index in [1.165, 1.54) is 15.3 Å². The fourth-order valence-corrected chi connectivity index (χ4v) is 3.27. The van der Waals surface area contributed by atoms with Crippen LogP contribution in [0.4, 0.5) is 0 Å². The Bertz CT molecular complexity index is 507. The van der Waals surface area contributed by atoms with Gasteiger partial charge in [0.05, 0.1) is 0 Å². The first-order valence-electron chi connectivity index (χ1n) is 7.14. The van der Waals surface area contributed by atoms with Crippen molar-refractivity contribution in [2.75, 3.05) is 6.61 Å². The molecule has 0 fully saturated rings. The average Bonchev–Trinajstić information content (AvgIpc) is 2.85. The van der Waals surface area contributed by atoms with Gasteiger partial charge < -0.3 is 10.5 Å². The van der Waals surface area contributed by atoms with Crippen molar-refractivity contribution < 1.29 is 4.74 Å². The Morgan fingerprint density at radius 2 is 1.90 bits per heavy atom. The standard InChI is InChI=1S/C17H23NOS/c1-13-10-11-16(20-13)17(14(2)18)19-12-6-9-15-7-4-3-5-8-15/h3-5,7-8,10-11,14,17H,6,9,12,18H2,1-2H3. The van der Waals surface area contributed by atoms with Crippen molar-refractivity contribution in [1.29, 1.82) is 0 Å². The summed E-state index contributed by atoms with van der Waals surface area (Å²) >= 11 is 1.77. The van der Waals surface area contributed by atoms with E-state index < -0.39 is 0 Å². The Kier molecular flexibility index (Phi) is 5.77. The van der Waals surface area contributed by atoms with Crippen LogP contribution in [0.15, 0.2) is 42.5 Å². The number of ether oxygens (including phenoxy) is 1. The molecule has 1 aromatic carbocycles. The van der Waals surface area contributed by atoms with Crippen LogP contribution in [-0.4, -0.2) is 12.6 Å². The maximum Gasteiger partial charge on any atom is 0.106 e. The van der Waals surface area contributed by atoms with Gasteiger partial charge in [-0.15, -0.1) is 11.3 Å². The van der Waals surface area contributed by atoms with Crippen molar-refractivity contribution in [3.63, 3.8) is 0 Å². The first-order valence-corrected chi connectivity index (χ1v) is 7.96. The predicted octanol–water partition coefficient (Wildman–Crippen LogP) is 4.09. The predicted molar refractivity (Wildman–Crippen MR) is 86.2 cm³/mol. The molecule has 0 radical (unpaired) electrons. The maximum absolute atomic E-state index is 6.05. The van der Waals surface area contributed by atoms with Crippen LogP contribution >= 0.6 is 11.3 Å². The smallest absolute Gasteiger partial charge is 0.106 e. The Morgan fingerprint density at radius 1 is 1.15 bits per heavy atom. The van der Waals surface area contributed by atoms with E-state index in [1.807, 2.05) is 13.0 Å². The minimum atomic E-state index is 0.0180. The van der Waals surface area contributed by atoms with Gasteiger partial charge in [-0.3, -0.25) is 0 Å². The summed E-state index contributed by atoms with van der Waals surface area (Å²) in [5, 5.41) is 0. The van der Waals surface area contributed by atoms with Gasteiger partial charge in [-0.05, 0) is 44.4 Å². The normalized spacial score (nSPS) is 14.2. The van der Waals surface area contributed by atoms with Crippen molar-refractivity contribution in [3.05, 3.63) is 57.8 Å². The fraction of sp³-hybridized carbons (Fsp3) is 0.412. The van der Waals surface area contributed by atoms with Gasteiger partial charge in [0.1, 0.15) is 6.10 Å². The van der Waals surface area contributed by atoms with E-state index >= 15 is 0 Å². The summed E-state index contributed by atoms with van der Waals surface area (Å²) in [6.45, 7) is 4.87. The Balaban J connectivity index is 1.81. The summed E-state index contributed by atoms with van der Waals surface area (Å²) in [5.41, 5.74) is 7.41. The molecule has 0 aliphatic heterocycles. The van der Waals surface area contributed by atoms with Gasteiger partial charge in [0.15, 0.2) is 0 Å². The molecule has 1 aromatic heterocycles. The van der Waals surface area contributed by atoms with Gasteiger partial charge in [-0.1, -0.05) is 30.3 Å². The molecule has 0 amide bonds. The van der Waals surface area contributed by atoms with Crippen molar-refractivity contribution in [1.82, 2.24) is 0 Å². The average molecular weight is 289 g/mol. The van der Waals surface area contributed by atoms with Crippen molar-refractivity contribution in [3.8, 4) is 0 Å². The zero-order valence-corrected chi connectivity index (χ0v) is 13.0. The first-order chi connectivity index (χ1) is 9.66. The molecule has 2 N–H and O–H groups in total. The third-order valence-electron chi connectivity index (χ3n) is 3.27. The van der Waals surface area contributed by atoms with E-state index in [0.717, 1.165) is 19.4 Å². The van der Waals surface area contributed by atoms with Gasteiger partial charge >= 0.3 is 0 Å². The second kappa shape index (κ2) is 7.58. The second-order valence-electron chi connectivity index (χ2n) is 5.19. The monoisotopic (exact) mass is 289 g/mol. The first kappa shape index (κ1) is 15.2. The van der Waals surface area contributed by atoms with Crippen LogP contribution in [0, 0.1) is 6.92 Å². The van der Waals surface area contributed by atoms with Crippen LogP contribution in [-0.2, 0) is 11.2 Å². The molecule has 2 aromatic rings. The summed E-state index contributed by atoms with van der Waals surface area (Å²) in [7, 11) is 0. The molecule has 1 heterocycles. The van der Waals surface area contributed by atoms with E-state index in [-0.39, 0.29) is 12.1 Å². The number of hydrogen-bond donors (Lipinski definition) is 1. The van der Waals surface area contributed by atoms with Gasteiger partial charge in [0, 0.05) is 22.4 Å². The highest BCUT2D eigenvalue weighted by atomic mass is 32.1. The molecular weight excluding hydrogens is 266 g/mol. The molecule has 20 heavy (non-hydrogen) atoms. The highest BCUT2D eigenvalue weighted by molar-refractivity contribution is 7.12. The van der Waals surface area contributed by atoms with Crippen LogP contribution in [0.3, 0.4) is 0 Å². The molecule has 0 aliphatic carbocycles. The maximum atomic E-state index is 6.05. The molecule has 2 rings (SSSR count). The molecule has 3 heteroatoms. The highest BCUT2D eigenvalue weighted by Crippen LogP contribution is 2.27. The zero-order valence-electron chi connectivity index (χ0n) is 12.2. The fourth-order valence-electron chi connectivity index (χ4n) is 2.23. The van der Waals surface area contributed by atoms with E-state index in [2.05, 4.69) is 43.3 Å². The number of rotatable bonds is 7. The lowest BCUT2D eigenvalue weighted by Gasteiger charge is -2.20. The molecule has 2 nitrogen and oxygen atoms in total. The van der Waals surface area contributed by atoms with Crippen LogP contribution in [0.2, 0.25) is 0 Å². The lowest BCUT2D eigenvalue weighted by molar-refractivity contribution is 0.0394. The lowest BCUT2D eigenvalue weighted by atomic mass is 10.1. The van der Waals surface area contributed by atoms with Gasteiger partial charge in [-0.25, -0.2) is 0 Å². The summed E-state index contributed by atoms with van der Waals surface area (Å²) in [5.74, 6) is 0. The largest absolute Gasteiger partial charge is 0.371 e. The van der Waals surface area contributed by atoms with Crippen molar-refractivity contribution >= 4 is 11.3 Å². The van der Waals surface area contributed by atoms with Crippen LogP contribution < -0.4 is 5.73 Å². The Hall–Kier alpha value is -1.16. The summed E-state index contributed by atoms with van der Waals surface area (Å²) in [4.78, 5) is 2.54. The third kappa shape index (κ3) is 4.44. The molecule has 2 unspecified atom stereocenters. The molecule has 0 aliphatic rings. The minimum absolute atomic E-state index is 0.0180. The summed E-state index contributed by atoms with van der Waals surface area (Å²) < 4.78 is 6.01. The Morgan fingerprint density at radius 3 is 2.50 bits per heavy atom. The van der Waals surface area contributed by atoms with Gasteiger partial charge in [0.25, 0.3) is 0 Å². The van der Waals surface area contributed by atoms with Crippen LogP contribution in [0.5, 0.6) is 0 Å². The van der Waals surface area contributed by atoms with E-state index in [0.29, 0.717) is 0 Å². The van der Waals surface area contributed by atoms with E-state index in [9.17, 15) is 0 Å². The van der Waals surface area contributed by atoms with Crippen molar-refractivity contribution in [2.45, 2.75) is 38.8 Å². The number of thiophene rings is 1. The van der Waals surface area contributed by atoms with E-state index in [4.69, 9.17) is 10.5 Å². The molecule has 0 spiro atoms. The van der Waals surface area contributed by atoms with Crippen LogP contribution in [0.1, 0.15) is 34.8 Å². The van der Waals surface area contributed by atoms with Gasteiger partial charge in [0.2, 0.25) is 0 Å². The second-order valence-corrected chi connectivity index (χ2v) is 6.51. The summed E-state index contributed by atoms with van der Waals surface area (Å²) in [6.07, 6.45) is 2.09. The molecule has 0 bridgehead atoms. The molecule has 0 saturated carbocycles. The number of hydrogen-bond acceptors (Lipinski definition) is 3. The number of benzene rings is 1. The van der Waals surface area contributed by atoms with Crippen molar-refractivity contribution in [2.24, 2.45) is 5.73 Å². The van der Waals surface area contributed by atoms with Crippen LogP contribution in [0.25, 0.3) is 0 Å². The van der Waals surface area contributed by atoms with E-state index in [1.54, 1.807) is 11.3 Å².